The molecule has 9 heteroatoms. The Labute approximate surface area is 155 Å². The van der Waals surface area contributed by atoms with Crippen LogP contribution in [0, 0.1) is 6.92 Å². The van der Waals surface area contributed by atoms with E-state index in [-0.39, 0.29) is 22.4 Å². The van der Waals surface area contributed by atoms with Crippen LogP contribution in [0.25, 0.3) is 11.0 Å². The van der Waals surface area contributed by atoms with Crippen molar-refractivity contribution >= 4 is 38.4 Å². The molecule has 2 aromatic heterocycles. The maximum Gasteiger partial charge on any atom is 0.253 e. The van der Waals surface area contributed by atoms with Gasteiger partial charge in [0.05, 0.1) is 21.2 Å². The van der Waals surface area contributed by atoms with Crippen LogP contribution in [-0.2, 0) is 23.4 Å². The van der Waals surface area contributed by atoms with Crippen LogP contribution in [0.1, 0.15) is 21.6 Å². The summed E-state index contributed by atoms with van der Waals surface area (Å²) in [5.74, 6) is -0.286. The summed E-state index contributed by atoms with van der Waals surface area (Å²) >= 11 is 6.02. The SMILES string of the molecule is Cc1nn(C)c2ncc(C(=O)NCc3ccc(S(C)(=O)=O)c(Cl)c3)cc12. The Morgan fingerprint density at radius 1 is 1.31 bits per heavy atom. The molecule has 0 unspecified atom stereocenters. The van der Waals surface area contributed by atoms with E-state index in [9.17, 15) is 13.2 Å². The first-order valence-electron chi connectivity index (χ1n) is 7.73. The van der Waals surface area contributed by atoms with E-state index in [1.54, 1.807) is 23.9 Å². The predicted molar refractivity (Wildman–Crippen MR) is 99.0 cm³/mol. The summed E-state index contributed by atoms with van der Waals surface area (Å²) in [6.45, 7) is 2.07. The molecule has 1 N–H and O–H groups in total. The van der Waals surface area contributed by atoms with Crippen molar-refractivity contribution < 1.29 is 13.2 Å². The lowest BCUT2D eigenvalue weighted by molar-refractivity contribution is 0.0950. The first-order valence-corrected chi connectivity index (χ1v) is 10.00. The number of nitrogens with zero attached hydrogens (tertiary/aromatic N) is 3. The highest BCUT2D eigenvalue weighted by Gasteiger charge is 2.14. The van der Waals surface area contributed by atoms with E-state index in [4.69, 9.17) is 11.6 Å². The molecule has 1 amide bonds. The van der Waals surface area contributed by atoms with Crippen LogP contribution < -0.4 is 5.32 Å². The molecule has 0 saturated heterocycles. The smallest absolute Gasteiger partial charge is 0.253 e. The fraction of sp³-hybridized carbons (Fsp3) is 0.235. The number of hydrogen-bond donors (Lipinski definition) is 1. The van der Waals surface area contributed by atoms with Gasteiger partial charge in [-0.15, -0.1) is 0 Å². The molecular formula is C17H17ClN4O3S. The first-order chi connectivity index (χ1) is 12.2. The Balaban J connectivity index is 1.77. The number of hydrogen-bond acceptors (Lipinski definition) is 5. The summed E-state index contributed by atoms with van der Waals surface area (Å²) < 4.78 is 24.8. The van der Waals surface area contributed by atoms with Crippen LogP contribution in [0.4, 0.5) is 0 Å². The molecule has 0 aliphatic carbocycles. The Bertz CT molecular complexity index is 1120. The summed E-state index contributed by atoms with van der Waals surface area (Å²) in [4.78, 5) is 16.7. The van der Waals surface area contributed by atoms with Crippen molar-refractivity contribution in [2.24, 2.45) is 7.05 Å². The highest BCUT2D eigenvalue weighted by Crippen LogP contribution is 2.22. The van der Waals surface area contributed by atoms with Crippen LogP contribution >= 0.6 is 11.6 Å². The van der Waals surface area contributed by atoms with Crippen molar-refractivity contribution in [3.05, 3.63) is 52.3 Å². The minimum Gasteiger partial charge on any atom is -0.348 e. The highest BCUT2D eigenvalue weighted by atomic mass is 35.5. The van der Waals surface area contributed by atoms with Crippen molar-refractivity contribution in [1.29, 1.82) is 0 Å². The molecule has 0 saturated carbocycles. The number of rotatable bonds is 4. The average Bonchev–Trinajstić information content (AvgIpc) is 2.85. The molecule has 3 rings (SSSR count). The molecule has 7 nitrogen and oxygen atoms in total. The number of amides is 1. The van der Waals surface area contributed by atoms with E-state index < -0.39 is 9.84 Å². The number of aryl methyl sites for hydroxylation is 2. The standard InChI is InChI=1S/C17H17ClN4O3S/c1-10-13-7-12(9-19-16(13)22(2)21-10)17(23)20-8-11-4-5-15(14(18)6-11)26(3,24)25/h4-7,9H,8H2,1-3H3,(H,20,23). The molecule has 0 aliphatic heterocycles. The lowest BCUT2D eigenvalue weighted by atomic mass is 10.2. The van der Waals surface area contributed by atoms with Crippen LogP contribution in [0.3, 0.4) is 0 Å². The van der Waals surface area contributed by atoms with Gasteiger partial charge in [0.2, 0.25) is 0 Å². The maximum atomic E-state index is 12.4. The Kier molecular flexibility index (Phi) is 4.72. The molecule has 0 bridgehead atoms. The van der Waals surface area contributed by atoms with Crippen LogP contribution in [0.5, 0.6) is 0 Å². The normalized spacial score (nSPS) is 11.7. The van der Waals surface area contributed by atoms with E-state index in [2.05, 4.69) is 15.4 Å². The topological polar surface area (TPSA) is 93.9 Å². The van der Waals surface area contributed by atoms with Gasteiger partial charge >= 0.3 is 0 Å². The van der Waals surface area contributed by atoms with Gasteiger partial charge in [-0.2, -0.15) is 5.10 Å². The number of pyridine rings is 1. The number of carbonyl (C=O) groups excluding carboxylic acids is 1. The van der Waals surface area contributed by atoms with Crippen molar-refractivity contribution in [1.82, 2.24) is 20.1 Å². The van der Waals surface area contributed by atoms with Gasteiger partial charge < -0.3 is 5.32 Å². The molecule has 1 aromatic carbocycles. The summed E-state index contributed by atoms with van der Waals surface area (Å²) in [7, 11) is -1.59. The van der Waals surface area contributed by atoms with Gasteiger partial charge in [-0.25, -0.2) is 13.4 Å². The number of halogens is 1. The minimum absolute atomic E-state index is 0.0657. The number of benzene rings is 1. The summed E-state index contributed by atoms with van der Waals surface area (Å²) in [5, 5.41) is 8.01. The molecule has 26 heavy (non-hydrogen) atoms. The largest absolute Gasteiger partial charge is 0.348 e. The van der Waals surface area contributed by atoms with Crippen LogP contribution in [0.2, 0.25) is 5.02 Å². The number of carbonyl (C=O) groups is 1. The van der Waals surface area contributed by atoms with E-state index >= 15 is 0 Å². The predicted octanol–water partition coefficient (Wildman–Crippen LogP) is 2.26. The Morgan fingerprint density at radius 3 is 2.69 bits per heavy atom. The summed E-state index contributed by atoms with van der Waals surface area (Å²) in [5.41, 5.74) is 2.63. The zero-order chi connectivity index (χ0) is 19.1. The van der Waals surface area contributed by atoms with Crippen LogP contribution in [0.15, 0.2) is 35.4 Å². The fourth-order valence-electron chi connectivity index (χ4n) is 2.67. The Hall–Kier alpha value is -2.45. The molecule has 0 fully saturated rings. The van der Waals surface area contributed by atoms with Gasteiger partial charge in [-0.1, -0.05) is 17.7 Å². The molecule has 136 valence electrons. The van der Waals surface area contributed by atoms with E-state index in [0.717, 1.165) is 17.3 Å². The highest BCUT2D eigenvalue weighted by molar-refractivity contribution is 7.90. The van der Waals surface area contributed by atoms with Gasteiger partial charge in [-0.3, -0.25) is 9.48 Å². The van der Waals surface area contributed by atoms with E-state index in [0.29, 0.717) is 16.8 Å². The Morgan fingerprint density at radius 2 is 2.04 bits per heavy atom. The molecule has 0 spiro atoms. The minimum atomic E-state index is -3.38. The van der Waals surface area contributed by atoms with Crippen molar-refractivity contribution in [3.8, 4) is 0 Å². The lowest BCUT2D eigenvalue weighted by Gasteiger charge is -2.08. The molecule has 0 atom stereocenters. The number of fused-ring (bicyclic) bond motifs is 1. The lowest BCUT2D eigenvalue weighted by Crippen LogP contribution is -2.23. The van der Waals surface area contributed by atoms with Gasteiger partial charge in [-0.05, 0) is 30.7 Å². The van der Waals surface area contributed by atoms with Gasteiger partial charge in [0.25, 0.3) is 5.91 Å². The van der Waals surface area contributed by atoms with Crippen LogP contribution in [-0.4, -0.2) is 35.3 Å². The van der Waals surface area contributed by atoms with E-state index in [1.165, 1.54) is 18.3 Å². The number of aromatic nitrogens is 3. The molecule has 2 heterocycles. The number of sulfone groups is 1. The van der Waals surface area contributed by atoms with Gasteiger partial charge in [0.15, 0.2) is 15.5 Å². The zero-order valence-corrected chi connectivity index (χ0v) is 16.0. The second-order valence-corrected chi connectivity index (χ2v) is 8.42. The molecule has 3 aromatic rings. The van der Waals surface area contributed by atoms with Gasteiger partial charge in [0.1, 0.15) is 0 Å². The van der Waals surface area contributed by atoms with Crippen molar-refractivity contribution in [2.45, 2.75) is 18.4 Å². The van der Waals surface area contributed by atoms with Crippen molar-refractivity contribution in [2.75, 3.05) is 6.26 Å². The quantitative estimate of drug-likeness (QED) is 0.735. The van der Waals surface area contributed by atoms with Crippen molar-refractivity contribution in [3.63, 3.8) is 0 Å². The maximum absolute atomic E-state index is 12.4. The monoisotopic (exact) mass is 392 g/mol. The third-order valence-corrected chi connectivity index (χ3v) is 5.55. The zero-order valence-electron chi connectivity index (χ0n) is 14.4. The first kappa shape index (κ1) is 18.3. The number of nitrogens with one attached hydrogen (secondary N) is 1. The second-order valence-electron chi connectivity index (χ2n) is 6.02. The summed E-state index contributed by atoms with van der Waals surface area (Å²) in [6.07, 6.45) is 2.59. The third kappa shape index (κ3) is 3.56. The molecule has 0 radical (unpaired) electrons. The average molecular weight is 393 g/mol. The molecule has 0 aliphatic rings. The fourth-order valence-corrected chi connectivity index (χ4v) is 4.02. The third-order valence-electron chi connectivity index (χ3n) is 3.97. The van der Waals surface area contributed by atoms with Gasteiger partial charge in [0, 0.05) is 31.4 Å². The van der Waals surface area contributed by atoms with E-state index in [1.807, 2.05) is 6.92 Å². The molecular weight excluding hydrogens is 376 g/mol. The summed E-state index contributed by atoms with van der Waals surface area (Å²) in [6, 6.07) is 6.34. The second kappa shape index (κ2) is 6.69.